The number of methoxy groups -OCH3 is 1. The number of hydrogen-bond acceptors (Lipinski definition) is 2. The van der Waals surface area contributed by atoms with Crippen LogP contribution in [0.15, 0.2) is 24.3 Å². The maximum absolute atomic E-state index is 6.01. The van der Waals surface area contributed by atoms with E-state index >= 15 is 0 Å². The zero-order valence-electron chi connectivity index (χ0n) is 10.4. The highest BCUT2D eigenvalue weighted by atomic mass is 16.5. The summed E-state index contributed by atoms with van der Waals surface area (Å²) in [5, 5.41) is 0. The molecule has 0 atom stereocenters. The van der Waals surface area contributed by atoms with Crippen LogP contribution >= 0.6 is 0 Å². The summed E-state index contributed by atoms with van der Waals surface area (Å²) < 4.78 is 5.55. The van der Waals surface area contributed by atoms with Gasteiger partial charge < -0.3 is 10.5 Å². The Kier molecular flexibility index (Phi) is 2.81. The molecule has 88 valence electrons. The first-order valence-electron chi connectivity index (χ1n) is 5.89. The van der Waals surface area contributed by atoms with E-state index in [-0.39, 0.29) is 11.1 Å². The molecule has 0 saturated heterocycles. The van der Waals surface area contributed by atoms with Crippen molar-refractivity contribution in [3.63, 3.8) is 0 Å². The number of benzene rings is 1. The lowest BCUT2D eigenvalue weighted by atomic mass is 9.95. The fourth-order valence-corrected chi connectivity index (χ4v) is 2.18. The molecule has 0 spiro atoms. The largest absolute Gasteiger partial charge is 0.374 e. The van der Waals surface area contributed by atoms with Gasteiger partial charge in [0.2, 0.25) is 0 Å². The van der Waals surface area contributed by atoms with E-state index in [1.54, 1.807) is 7.11 Å². The highest BCUT2D eigenvalue weighted by molar-refractivity contribution is 5.31. The highest BCUT2D eigenvalue weighted by Gasteiger charge is 2.44. The maximum atomic E-state index is 6.01. The number of nitrogens with two attached hydrogens (primary N) is 1. The predicted molar refractivity (Wildman–Crippen MR) is 66.3 cm³/mol. The van der Waals surface area contributed by atoms with E-state index in [2.05, 4.69) is 38.1 Å². The fourth-order valence-electron chi connectivity index (χ4n) is 2.18. The van der Waals surface area contributed by atoms with Crippen LogP contribution in [-0.2, 0) is 16.8 Å². The van der Waals surface area contributed by atoms with Gasteiger partial charge in [-0.1, -0.05) is 24.3 Å². The van der Waals surface area contributed by atoms with Gasteiger partial charge in [0.15, 0.2) is 0 Å². The van der Waals surface area contributed by atoms with E-state index in [1.807, 2.05) is 0 Å². The van der Waals surface area contributed by atoms with Gasteiger partial charge in [-0.2, -0.15) is 0 Å². The summed E-state index contributed by atoms with van der Waals surface area (Å²) in [7, 11) is 1.80. The number of ether oxygens (including phenoxy) is 1. The van der Waals surface area contributed by atoms with Crippen LogP contribution in [0.1, 0.15) is 37.8 Å². The lowest BCUT2D eigenvalue weighted by Gasteiger charge is -2.19. The molecule has 2 heteroatoms. The van der Waals surface area contributed by atoms with E-state index < -0.39 is 0 Å². The molecule has 0 aliphatic heterocycles. The molecule has 0 heterocycles. The molecule has 0 unspecified atom stereocenters. The quantitative estimate of drug-likeness (QED) is 0.844. The number of rotatable bonds is 4. The van der Waals surface area contributed by atoms with Gasteiger partial charge in [-0.05, 0) is 44.2 Å². The molecule has 1 fully saturated rings. The first-order valence-corrected chi connectivity index (χ1v) is 5.89. The molecule has 1 aliphatic rings. The van der Waals surface area contributed by atoms with Crippen molar-refractivity contribution in [1.82, 2.24) is 0 Å². The first kappa shape index (κ1) is 11.6. The Bertz CT molecular complexity index is 357. The van der Waals surface area contributed by atoms with Crippen LogP contribution in [0.2, 0.25) is 0 Å². The van der Waals surface area contributed by atoms with Gasteiger partial charge in [-0.25, -0.2) is 0 Å². The van der Waals surface area contributed by atoms with Crippen molar-refractivity contribution in [2.75, 3.05) is 7.11 Å². The highest BCUT2D eigenvalue weighted by Crippen LogP contribution is 2.48. The third-order valence-corrected chi connectivity index (χ3v) is 3.23. The summed E-state index contributed by atoms with van der Waals surface area (Å²) in [5.41, 5.74) is 8.49. The topological polar surface area (TPSA) is 35.2 Å². The van der Waals surface area contributed by atoms with Crippen molar-refractivity contribution in [3.8, 4) is 0 Å². The van der Waals surface area contributed by atoms with E-state index in [4.69, 9.17) is 10.5 Å². The van der Waals surface area contributed by atoms with Gasteiger partial charge >= 0.3 is 0 Å². The molecule has 0 aromatic heterocycles. The van der Waals surface area contributed by atoms with Crippen molar-refractivity contribution in [2.24, 2.45) is 5.73 Å². The van der Waals surface area contributed by atoms with E-state index in [0.717, 1.165) is 19.3 Å². The molecule has 2 nitrogen and oxygen atoms in total. The van der Waals surface area contributed by atoms with E-state index in [0.29, 0.717) is 0 Å². The summed E-state index contributed by atoms with van der Waals surface area (Å²) >= 11 is 0. The van der Waals surface area contributed by atoms with Crippen molar-refractivity contribution >= 4 is 0 Å². The van der Waals surface area contributed by atoms with E-state index in [1.165, 1.54) is 11.1 Å². The maximum Gasteiger partial charge on any atom is 0.0929 e. The van der Waals surface area contributed by atoms with Crippen LogP contribution in [0.25, 0.3) is 0 Å². The van der Waals surface area contributed by atoms with Gasteiger partial charge in [0, 0.05) is 12.6 Å². The molecule has 0 bridgehead atoms. The number of hydrogen-bond donors (Lipinski definition) is 1. The van der Waals surface area contributed by atoms with Crippen LogP contribution in [0, 0.1) is 0 Å². The Hall–Kier alpha value is -0.860. The molecule has 1 aromatic carbocycles. The third kappa shape index (κ3) is 2.45. The Labute approximate surface area is 97.8 Å². The summed E-state index contributed by atoms with van der Waals surface area (Å²) in [6.07, 6.45) is 3.20. The van der Waals surface area contributed by atoms with Crippen LogP contribution in [0.4, 0.5) is 0 Å². The van der Waals surface area contributed by atoms with Crippen LogP contribution in [-0.4, -0.2) is 12.6 Å². The van der Waals surface area contributed by atoms with Gasteiger partial charge in [0.1, 0.15) is 0 Å². The molecular weight excluding hydrogens is 198 g/mol. The van der Waals surface area contributed by atoms with Crippen molar-refractivity contribution in [1.29, 1.82) is 0 Å². The second-order valence-electron chi connectivity index (χ2n) is 5.56. The fraction of sp³-hybridized carbons (Fsp3) is 0.571. The van der Waals surface area contributed by atoms with Gasteiger partial charge in [0.25, 0.3) is 0 Å². The molecule has 2 rings (SSSR count). The van der Waals surface area contributed by atoms with E-state index in [9.17, 15) is 0 Å². The summed E-state index contributed by atoms with van der Waals surface area (Å²) in [6.45, 7) is 4.11. The summed E-state index contributed by atoms with van der Waals surface area (Å²) in [4.78, 5) is 0. The predicted octanol–water partition coefficient (Wildman–Crippen LogP) is 2.60. The standard InChI is InChI=1S/C14H21NO/c1-13(2,15)10-11-4-6-12(7-5-11)14(16-3)8-9-14/h4-7H,8-10,15H2,1-3H3. The van der Waals surface area contributed by atoms with Crippen LogP contribution in [0.5, 0.6) is 0 Å². The second kappa shape index (κ2) is 3.86. The van der Waals surface area contributed by atoms with Crippen molar-refractivity contribution in [3.05, 3.63) is 35.4 Å². The smallest absolute Gasteiger partial charge is 0.0929 e. The Morgan fingerprint density at radius 3 is 2.19 bits per heavy atom. The Balaban J connectivity index is 2.11. The molecular formula is C14H21NO. The Morgan fingerprint density at radius 1 is 1.25 bits per heavy atom. The average Bonchev–Trinajstić information content (AvgIpc) is 2.97. The lowest BCUT2D eigenvalue weighted by Crippen LogP contribution is -2.34. The van der Waals surface area contributed by atoms with Crippen LogP contribution < -0.4 is 5.73 Å². The molecule has 2 N–H and O–H groups in total. The molecule has 16 heavy (non-hydrogen) atoms. The minimum absolute atomic E-state index is 0.0246. The van der Waals surface area contributed by atoms with Gasteiger partial charge in [-0.3, -0.25) is 0 Å². The SMILES string of the molecule is COC1(c2ccc(CC(C)(C)N)cc2)CC1. The van der Waals surface area contributed by atoms with Crippen molar-refractivity contribution < 1.29 is 4.74 Å². The monoisotopic (exact) mass is 219 g/mol. The summed E-state index contributed by atoms with van der Waals surface area (Å²) in [5.74, 6) is 0. The first-order chi connectivity index (χ1) is 7.45. The van der Waals surface area contributed by atoms with Gasteiger partial charge in [0.05, 0.1) is 5.60 Å². The minimum atomic E-state index is -0.139. The Morgan fingerprint density at radius 2 is 1.81 bits per heavy atom. The third-order valence-electron chi connectivity index (χ3n) is 3.23. The normalized spacial score (nSPS) is 18.5. The molecule has 0 amide bonds. The summed E-state index contributed by atoms with van der Waals surface area (Å²) in [6, 6.07) is 8.70. The minimum Gasteiger partial charge on any atom is -0.374 e. The zero-order valence-corrected chi connectivity index (χ0v) is 10.4. The zero-order chi connectivity index (χ0) is 11.8. The average molecular weight is 219 g/mol. The molecule has 1 aromatic rings. The second-order valence-corrected chi connectivity index (χ2v) is 5.56. The molecule has 1 saturated carbocycles. The molecule has 1 aliphatic carbocycles. The van der Waals surface area contributed by atoms with Crippen molar-refractivity contribution in [2.45, 2.75) is 44.2 Å². The van der Waals surface area contributed by atoms with Gasteiger partial charge in [-0.15, -0.1) is 0 Å². The molecule has 0 radical (unpaired) electrons. The van der Waals surface area contributed by atoms with Crippen LogP contribution in [0.3, 0.4) is 0 Å². The lowest BCUT2D eigenvalue weighted by molar-refractivity contribution is 0.0789.